The maximum atomic E-state index is 13.4. The molecule has 28 heavy (non-hydrogen) atoms. The van der Waals surface area contributed by atoms with Crippen LogP contribution in [0.15, 0.2) is 36.4 Å². The molecule has 8 heteroatoms. The van der Waals surface area contributed by atoms with Crippen molar-refractivity contribution in [2.75, 3.05) is 26.8 Å². The number of amides is 1. The lowest BCUT2D eigenvalue weighted by molar-refractivity contribution is -0.151. The maximum absolute atomic E-state index is 13.4. The summed E-state index contributed by atoms with van der Waals surface area (Å²) in [5, 5.41) is 9.49. The summed E-state index contributed by atoms with van der Waals surface area (Å²) in [5.74, 6) is -5.49. The summed E-state index contributed by atoms with van der Waals surface area (Å²) < 4.78 is 44.9. The zero-order valence-corrected chi connectivity index (χ0v) is 15.0. The Morgan fingerprint density at radius 1 is 1.11 bits per heavy atom. The van der Waals surface area contributed by atoms with Gasteiger partial charge in [0.25, 0.3) is 5.91 Å². The van der Waals surface area contributed by atoms with Gasteiger partial charge in [0.1, 0.15) is 5.41 Å². The van der Waals surface area contributed by atoms with E-state index in [-0.39, 0.29) is 37.6 Å². The summed E-state index contributed by atoms with van der Waals surface area (Å²) in [4.78, 5) is 25.7. The molecule has 1 atom stereocenters. The largest absolute Gasteiger partial charge is 0.481 e. The number of rotatable bonds is 5. The molecule has 0 spiro atoms. The molecule has 1 unspecified atom stereocenters. The number of halogens is 3. The number of aliphatic carboxylic acids is 1. The van der Waals surface area contributed by atoms with Gasteiger partial charge in [-0.2, -0.15) is 0 Å². The number of hydrogen-bond donors (Lipinski definition) is 1. The minimum Gasteiger partial charge on any atom is -0.481 e. The van der Waals surface area contributed by atoms with Crippen LogP contribution in [0.2, 0.25) is 0 Å². The molecule has 2 aromatic rings. The molecule has 148 valence electrons. The summed E-state index contributed by atoms with van der Waals surface area (Å²) in [6.45, 7) is 0.322. The molecule has 1 fully saturated rings. The lowest BCUT2D eigenvalue weighted by Crippen LogP contribution is -2.40. The number of nitrogens with zero attached hydrogens (tertiary/aromatic N) is 1. The van der Waals surface area contributed by atoms with Crippen LogP contribution in [-0.2, 0) is 9.53 Å². The van der Waals surface area contributed by atoms with Crippen LogP contribution in [-0.4, -0.2) is 48.7 Å². The van der Waals surface area contributed by atoms with Gasteiger partial charge in [-0.25, -0.2) is 13.2 Å². The molecule has 1 heterocycles. The summed E-state index contributed by atoms with van der Waals surface area (Å²) in [5.41, 5.74) is -0.268. The lowest BCUT2D eigenvalue weighted by atomic mass is 9.88. The predicted octanol–water partition coefficient (Wildman–Crippen LogP) is 3.33. The van der Waals surface area contributed by atoms with E-state index in [4.69, 9.17) is 4.74 Å². The van der Waals surface area contributed by atoms with Crippen LogP contribution in [0.4, 0.5) is 13.2 Å². The highest BCUT2D eigenvalue weighted by atomic mass is 19.2. The van der Waals surface area contributed by atoms with Crippen molar-refractivity contribution in [3.63, 3.8) is 0 Å². The van der Waals surface area contributed by atoms with Crippen LogP contribution in [0, 0.1) is 22.9 Å². The fourth-order valence-electron chi connectivity index (χ4n) is 3.39. The number of hydrogen-bond acceptors (Lipinski definition) is 3. The van der Waals surface area contributed by atoms with Crippen molar-refractivity contribution >= 4 is 11.9 Å². The topological polar surface area (TPSA) is 66.8 Å². The zero-order chi connectivity index (χ0) is 20.5. The second kappa shape index (κ2) is 7.63. The molecular formula is C20H18F3NO4. The minimum absolute atomic E-state index is 0.00669. The number of carboxylic acids is 1. The van der Waals surface area contributed by atoms with E-state index in [9.17, 15) is 27.9 Å². The van der Waals surface area contributed by atoms with Crippen molar-refractivity contribution in [2.45, 2.75) is 6.42 Å². The van der Waals surface area contributed by atoms with E-state index < -0.39 is 28.8 Å². The molecule has 0 bridgehead atoms. The van der Waals surface area contributed by atoms with Gasteiger partial charge >= 0.3 is 5.97 Å². The van der Waals surface area contributed by atoms with E-state index in [0.717, 1.165) is 12.1 Å². The lowest BCUT2D eigenvalue weighted by Gasteiger charge is -2.23. The van der Waals surface area contributed by atoms with Crippen molar-refractivity contribution in [1.82, 2.24) is 4.90 Å². The number of carbonyl (C=O) groups excluding carboxylic acids is 1. The SMILES string of the molecule is COCC1(C(=O)O)CCN(C(=O)c2ccc(-c3cc(F)c(F)c(F)c3)cc2)C1. The third-order valence-electron chi connectivity index (χ3n) is 4.96. The van der Waals surface area contributed by atoms with Crippen molar-refractivity contribution < 1.29 is 32.6 Å². The van der Waals surface area contributed by atoms with E-state index >= 15 is 0 Å². The highest BCUT2D eigenvalue weighted by Crippen LogP contribution is 2.32. The van der Waals surface area contributed by atoms with Crippen LogP contribution in [0.3, 0.4) is 0 Å². The van der Waals surface area contributed by atoms with Crippen molar-refractivity contribution in [3.05, 3.63) is 59.4 Å². The fourth-order valence-corrected chi connectivity index (χ4v) is 3.39. The Labute approximate surface area is 159 Å². The monoisotopic (exact) mass is 393 g/mol. The molecule has 5 nitrogen and oxygen atoms in total. The smallest absolute Gasteiger partial charge is 0.313 e. The van der Waals surface area contributed by atoms with Gasteiger partial charge in [-0.05, 0) is 41.8 Å². The van der Waals surface area contributed by atoms with Crippen LogP contribution in [0.1, 0.15) is 16.8 Å². The van der Waals surface area contributed by atoms with Gasteiger partial charge in [-0.1, -0.05) is 12.1 Å². The third kappa shape index (κ3) is 3.60. The van der Waals surface area contributed by atoms with E-state index in [1.54, 1.807) is 0 Å². The second-order valence-corrected chi connectivity index (χ2v) is 6.83. The number of methoxy groups -OCH3 is 1. The van der Waals surface area contributed by atoms with Gasteiger partial charge in [0, 0.05) is 25.8 Å². The van der Waals surface area contributed by atoms with Gasteiger partial charge in [-0.15, -0.1) is 0 Å². The highest BCUT2D eigenvalue weighted by Gasteiger charge is 2.46. The van der Waals surface area contributed by atoms with Crippen molar-refractivity contribution in [1.29, 1.82) is 0 Å². The van der Waals surface area contributed by atoms with E-state index in [0.29, 0.717) is 11.1 Å². The second-order valence-electron chi connectivity index (χ2n) is 6.83. The first-order chi connectivity index (χ1) is 13.3. The van der Waals surface area contributed by atoms with Crippen molar-refractivity contribution in [3.8, 4) is 11.1 Å². The summed E-state index contributed by atoms with van der Waals surface area (Å²) in [6, 6.07) is 7.70. The minimum atomic E-state index is -1.54. The molecule has 1 aliphatic heterocycles. The van der Waals surface area contributed by atoms with Gasteiger partial charge < -0.3 is 14.7 Å². The van der Waals surface area contributed by atoms with Gasteiger partial charge in [0.2, 0.25) is 0 Å². The third-order valence-corrected chi connectivity index (χ3v) is 4.96. The highest BCUT2D eigenvalue weighted by molar-refractivity contribution is 5.95. The van der Waals surface area contributed by atoms with Gasteiger partial charge in [0.15, 0.2) is 17.5 Å². The first-order valence-electron chi connectivity index (χ1n) is 8.54. The van der Waals surface area contributed by atoms with E-state index in [1.807, 2.05) is 0 Å². The molecule has 1 N–H and O–H groups in total. The van der Waals surface area contributed by atoms with E-state index in [2.05, 4.69) is 0 Å². The number of benzene rings is 2. The molecule has 1 amide bonds. The molecule has 0 saturated carbocycles. The van der Waals surface area contributed by atoms with Crippen LogP contribution in [0.5, 0.6) is 0 Å². The summed E-state index contributed by atoms with van der Waals surface area (Å²) >= 11 is 0. The maximum Gasteiger partial charge on any atom is 0.313 e. The first kappa shape index (κ1) is 19.9. The Kier molecular flexibility index (Phi) is 5.42. The number of carboxylic acid groups (broad SMARTS) is 1. The van der Waals surface area contributed by atoms with Gasteiger partial charge in [-0.3, -0.25) is 9.59 Å². The van der Waals surface area contributed by atoms with Crippen LogP contribution >= 0.6 is 0 Å². The molecule has 0 aliphatic carbocycles. The zero-order valence-electron chi connectivity index (χ0n) is 15.0. The number of likely N-dealkylation sites (tertiary alicyclic amines) is 1. The molecule has 2 aromatic carbocycles. The van der Waals surface area contributed by atoms with Gasteiger partial charge in [0.05, 0.1) is 6.61 Å². The quantitative estimate of drug-likeness (QED) is 0.792. The average molecular weight is 393 g/mol. The van der Waals surface area contributed by atoms with Crippen LogP contribution in [0.25, 0.3) is 11.1 Å². The summed E-state index contributed by atoms with van der Waals surface area (Å²) in [7, 11) is 1.41. The molecule has 3 rings (SSSR count). The Balaban J connectivity index is 1.79. The molecular weight excluding hydrogens is 375 g/mol. The fraction of sp³-hybridized carbons (Fsp3) is 0.300. The predicted molar refractivity (Wildman–Crippen MR) is 94.2 cm³/mol. The van der Waals surface area contributed by atoms with Crippen LogP contribution < -0.4 is 0 Å². The summed E-state index contributed by atoms with van der Waals surface area (Å²) in [6.07, 6.45) is 0.286. The first-order valence-corrected chi connectivity index (χ1v) is 8.54. The molecule has 0 radical (unpaired) electrons. The Hall–Kier alpha value is -2.87. The molecule has 1 aliphatic rings. The average Bonchev–Trinajstić information content (AvgIpc) is 3.11. The standard InChI is InChI=1S/C20H18F3NO4/c1-28-11-20(19(26)27)6-7-24(10-20)18(25)13-4-2-12(3-5-13)14-8-15(21)17(23)16(22)9-14/h2-5,8-9H,6-7,10-11H2,1H3,(H,26,27). The number of ether oxygens (including phenoxy) is 1. The molecule has 0 aromatic heterocycles. The normalized spacial score (nSPS) is 19.1. The Bertz CT molecular complexity index is 893. The van der Waals surface area contributed by atoms with Crippen molar-refractivity contribution in [2.24, 2.45) is 5.41 Å². The Morgan fingerprint density at radius 3 is 2.25 bits per heavy atom. The molecule has 1 saturated heterocycles. The Morgan fingerprint density at radius 2 is 1.71 bits per heavy atom. The van der Waals surface area contributed by atoms with E-state index in [1.165, 1.54) is 36.3 Å². The number of carbonyl (C=O) groups is 2.